The second-order valence-corrected chi connectivity index (χ2v) is 4.06. The summed E-state index contributed by atoms with van der Waals surface area (Å²) in [7, 11) is 0. The molecule has 0 bridgehead atoms. The van der Waals surface area contributed by atoms with Crippen molar-refractivity contribution in [2.24, 2.45) is 5.73 Å². The van der Waals surface area contributed by atoms with E-state index in [1.165, 1.54) is 12.3 Å². The third-order valence-electron chi connectivity index (χ3n) is 2.67. The van der Waals surface area contributed by atoms with Crippen LogP contribution in [0.4, 0.5) is 4.39 Å². The molecule has 1 unspecified atom stereocenters. The van der Waals surface area contributed by atoms with E-state index >= 15 is 0 Å². The monoisotopic (exact) mass is 238 g/mol. The van der Waals surface area contributed by atoms with Gasteiger partial charge in [0.05, 0.1) is 12.8 Å². The molecule has 0 saturated carbocycles. The second kappa shape index (κ2) is 5.20. The lowest BCUT2D eigenvalue weighted by atomic mass is 10.2. The van der Waals surface area contributed by atoms with E-state index in [1.54, 1.807) is 6.20 Å². The van der Waals surface area contributed by atoms with E-state index in [9.17, 15) is 4.39 Å². The molecule has 1 saturated heterocycles. The highest BCUT2D eigenvalue weighted by atomic mass is 19.1. The van der Waals surface area contributed by atoms with Crippen molar-refractivity contribution in [1.29, 1.82) is 5.41 Å². The standard InChI is InChI=1S/C11H15FN4O/c12-9-3-8(4-15-5-9)6-16-1-2-17-10(7-16)11(13)14/h3-5,10H,1-2,6-7H2,(H3,13,14). The van der Waals surface area contributed by atoms with Gasteiger partial charge in [0, 0.05) is 25.8 Å². The fourth-order valence-corrected chi connectivity index (χ4v) is 1.83. The molecule has 1 atom stereocenters. The summed E-state index contributed by atoms with van der Waals surface area (Å²) >= 11 is 0. The highest BCUT2D eigenvalue weighted by Crippen LogP contribution is 2.10. The molecule has 0 amide bonds. The summed E-state index contributed by atoms with van der Waals surface area (Å²) in [5.41, 5.74) is 6.22. The van der Waals surface area contributed by atoms with Gasteiger partial charge in [-0.15, -0.1) is 0 Å². The number of rotatable bonds is 3. The normalized spacial score (nSPS) is 21.4. The molecule has 1 fully saturated rings. The van der Waals surface area contributed by atoms with Crippen LogP contribution in [0.5, 0.6) is 0 Å². The van der Waals surface area contributed by atoms with Crippen LogP contribution < -0.4 is 5.73 Å². The number of halogens is 1. The molecule has 2 heterocycles. The Morgan fingerprint density at radius 1 is 1.65 bits per heavy atom. The summed E-state index contributed by atoms with van der Waals surface area (Å²) in [5.74, 6) is -0.300. The summed E-state index contributed by atoms with van der Waals surface area (Å²) in [4.78, 5) is 5.88. The Hall–Kier alpha value is -1.53. The number of ether oxygens (including phenoxy) is 1. The number of aromatic nitrogens is 1. The van der Waals surface area contributed by atoms with Gasteiger partial charge in [-0.05, 0) is 11.6 Å². The van der Waals surface area contributed by atoms with Crippen LogP contribution in [0, 0.1) is 11.2 Å². The Morgan fingerprint density at radius 3 is 3.18 bits per heavy atom. The van der Waals surface area contributed by atoms with Crippen LogP contribution in [0.3, 0.4) is 0 Å². The van der Waals surface area contributed by atoms with Gasteiger partial charge < -0.3 is 10.5 Å². The van der Waals surface area contributed by atoms with E-state index in [0.717, 1.165) is 12.1 Å². The molecule has 5 nitrogen and oxygen atoms in total. The molecule has 0 spiro atoms. The summed E-state index contributed by atoms with van der Waals surface area (Å²) in [5, 5.41) is 7.35. The predicted octanol–water partition coefficient (Wildman–Crippen LogP) is 0.357. The molecular weight excluding hydrogens is 223 g/mol. The van der Waals surface area contributed by atoms with E-state index in [4.69, 9.17) is 15.9 Å². The lowest BCUT2D eigenvalue weighted by molar-refractivity contribution is 0.00230. The van der Waals surface area contributed by atoms with Crippen molar-refractivity contribution in [3.05, 3.63) is 29.8 Å². The SMILES string of the molecule is N=C(N)C1CN(Cc2cncc(F)c2)CCO1. The van der Waals surface area contributed by atoms with Crippen LogP contribution in [-0.2, 0) is 11.3 Å². The van der Waals surface area contributed by atoms with Crippen molar-refractivity contribution in [2.45, 2.75) is 12.6 Å². The fraction of sp³-hybridized carbons (Fsp3) is 0.455. The average molecular weight is 238 g/mol. The number of nitrogens with two attached hydrogens (primary N) is 1. The molecule has 1 aliphatic heterocycles. The zero-order valence-corrected chi connectivity index (χ0v) is 9.40. The van der Waals surface area contributed by atoms with Crippen molar-refractivity contribution >= 4 is 5.84 Å². The van der Waals surface area contributed by atoms with Gasteiger partial charge in [-0.2, -0.15) is 0 Å². The first-order valence-corrected chi connectivity index (χ1v) is 5.42. The maximum atomic E-state index is 13.0. The van der Waals surface area contributed by atoms with Gasteiger partial charge in [0.25, 0.3) is 0 Å². The predicted molar refractivity (Wildman–Crippen MR) is 61.1 cm³/mol. The molecule has 92 valence electrons. The average Bonchev–Trinajstić information content (AvgIpc) is 2.29. The smallest absolute Gasteiger partial charge is 0.141 e. The summed E-state index contributed by atoms with van der Waals surface area (Å²) in [6.45, 7) is 2.44. The number of nitrogens with one attached hydrogen (secondary N) is 1. The largest absolute Gasteiger partial charge is 0.385 e. The van der Waals surface area contributed by atoms with Crippen molar-refractivity contribution in [3.8, 4) is 0 Å². The van der Waals surface area contributed by atoms with Crippen molar-refractivity contribution in [1.82, 2.24) is 9.88 Å². The summed E-state index contributed by atoms with van der Waals surface area (Å²) in [6.07, 6.45) is 2.47. The van der Waals surface area contributed by atoms with Crippen LogP contribution in [0.2, 0.25) is 0 Å². The number of pyridine rings is 1. The Morgan fingerprint density at radius 2 is 2.47 bits per heavy atom. The van der Waals surface area contributed by atoms with E-state index in [1.807, 2.05) is 0 Å². The molecule has 1 aliphatic rings. The third-order valence-corrected chi connectivity index (χ3v) is 2.67. The van der Waals surface area contributed by atoms with Crippen LogP contribution >= 0.6 is 0 Å². The molecule has 0 radical (unpaired) electrons. The first-order chi connectivity index (χ1) is 8.15. The van der Waals surface area contributed by atoms with Crippen LogP contribution in [0.1, 0.15) is 5.56 Å². The van der Waals surface area contributed by atoms with Gasteiger partial charge in [-0.1, -0.05) is 0 Å². The van der Waals surface area contributed by atoms with Crippen molar-refractivity contribution in [2.75, 3.05) is 19.7 Å². The van der Waals surface area contributed by atoms with Crippen LogP contribution in [-0.4, -0.2) is 41.5 Å². The number of morpholine rings is 1. The molecule has 2 rings (SSSR count). The van der Waals surface area contributed by atoms with Gasteiger partial charge >= 0.3 is 0 Å². The van der Waals surface area contributed by atoms with E-state index in [0.29, 0.717) is 19.7 Å². The Kier molecular flexibility index (Phi) is 3.65. The lowest BCUT2D eigenvalue weighted by Gasteiger charge is -2.32. The maximum Gasteiger partial charge on any atom is 0.141 e. The first-order valence-electron chi connectivity index (χ1n) is 5.42. The van der Waals surface area contributed by atoms with Crippen molar-refractivity contribution in [3.63, 3.8) is 0 Å². The zero-order chi connectivity index (χ0) is 12.3. The van der Waals surface area contributed by atoms with Gasteiger partial charge in [-0.3, -0.25) is 15.3 Å². The quantitative estimate of drug-likeness (QED) is 0.589. The molecule has 6 heteroatoms. The highest BCUT2D eigenvalue weighted by molar-refractivity contribution is 5.82. The summed E-state index contributed by atoms with van der Waals surface area (Å²) < 4.78 is 18.3. The molecule has 3 N–H and O–H groups in total. The topological polar surface area (TPSA) is 75.2 Å². The molecular formula is C11H15FN4O. The molecule has 0 aromatic carbocycles. The number of hydrogen-bond acceptors (Lipinski definition) is 4. The van der Waals surface area contributed by atoms with Crippen LogP contribution in [0.25, 0.3) is 0 Å². The lowest BCUT2D eigenvalue weighted by Crippen LogP contribution is -2.47. The van der Waals surface area contributed by atoms with E-state index < -0.39 is 0 Å². The number of hydrogen-bond donors (Lipinski definition) is 2. The minimum atomic E-state index is -0.356. The van der Waals surface area contributed by atoms with Crippen LogP contribution in [0.15, 0.2) is 18.5 Å². The Labute approximate surface area is 98.9 Å². The highest BCUT2D eigenvalue weighted by Gasteiger charge is 2.22. The van der Waals surface area contributed by atoms with Gasteiger partial charge in [0.15, 0.2) is 0 Å². The number of nitrogens with zero attached hydrogens (tertiary/aromatic N) is 2. The minimum absolute atomic E-state index is 0.0343. The number of amidine groups is 1. The second-order valence-electron chi connectivity index (χ2n) is 4.06. The Balaban J connectivity index is 1.97. The van der Waals surface area contributed by atoms with E-state index in [-0.39, 0.29) is 17.8 Å². The first kappa shape index (κ1) is 11.9. The van der Waals surface area contributed by atoms with Gasteiger partial charge in [0.1, 0.15) is 17.8 Å². The zero-order valence-electron chi connectivity index (χ0n) is 9.40. The van der Waals surface area contributed by atoms with Crippen molar-refractivity contribution < 1.29 is 9.13 Å². The fourth-order valence-electron chi connectivity index (χ4n) is 1.83. The Bertz CT molecular complexity index is 412. The maximum absolute atomic E-state index is 13.0. The summed E-state index contributed by atoms with van der Waals surface area (Å²) in [6, 6.07) is 1.46. The molecule has 1 aromatic heterocycles. The minimum Gasteiger partial charge on any atom is -0.385 e. The molecule has 0 aliphatic carbocycles. The van der Waals surface area contributed by atoms with Gasteiger partial charge in [0.2, 0.25) is 0 Å². The third kappa shape index (κ3) is 3.21. The van der Waals surface area contributed by atoms with Gasteiger partial charge in [-0.25, -0.2) is 4.39 Å². The molecule has 17 heavy (non-hydrogen) atoms. The molecule has 1 aromatic rings. The van der Waals surface area contributed by atoms with E-state index in [2.05, 4.69) is 9.88 Å².